The molecule has 0 aromatic heterocycles. The molecule has 0 rings (SSSR count). The van der Waals surface area contributed by atoms with Crippen LogP contribution in [0.5, 0.6) is 0 Å². The second-order valence-corrected chi connectivity index (χ2v) is 4.26. The summed E-state index contributed by atoms with van der Waals surface area (Å²) in [7, 11) is -0.703. The molecule has 0 aliphatic heterocycles. The third-order valence-electron chi connectivity index (χ3n) is 1.56. The smallest absolute Gasteiger partial charge is 0.320 e. The van der Waals surface area contributed by atoms with Crippen molar-refractivity contribution in [1.29, 1.82) is 0 Å². The molecule has 7 heteroatoms. The Morgan fingerprint density at radius 3 is 1.18 bits per heavy atom. The van der Waals surface area contributed by atoms with E-state index in [0.29, 0.717) is 0 Å². The van der Waals surface area contributed by atoms with Crippen LogP contribution in [0.1, 0.15) is 39.5 Å². The highest BCUT2D eigenvalue weighted by molar-refractivity contribution is 7.79. The maximum atomic E-state index is 8.74. The van der Waals surface area contributed by atoms with Crippen molar-refractivity contribution in [1.82, 2.24) is 10.6 Å². The highest BCUT2D eigenvalue weighted by Crippen LogP contribution is 1.79. The molecule has 0 aromatic rings. The lowest BCUT2D eigenvalue weighted by molar-refractivity contribution is 0.381. The summed E-state index contributed by atoms with van der Waals surface area (Å²) in [6.07, 6.45) is 5.19. The number of hydrogen-bond donors (Lipinski definition) is 4. The van der Waals surface area contributed by atoms with Gasteiger partial charge in [-0.15, -0.1) is 0 Å². The second kappa shape index (κ2) is 18.2. The van der Waals surface area contributed by atoms with E-state index < -0.39 is 10.4 Å². The molecule has 4 N–H and O–H groups in total. The summed E-state index contributed by atoms with van der Waals surface area (Å²) in [4.78, 5) is 0. The largest absolute Gasteiger partial charge is 0.394 e. The number of nitrogens with one attached hydrogen (secondary N) is 2. The van der Waals surface area contributed by atoms with E-state index in [1.54, 1.807) is 0 Å². The van der Waals surface area contributed by atoms with Gasteiger partial charge in [-0.05, 0) is 40.0 Å². The molecule has 0 aliphatic rings. The van der Waals surface area contributed by atoms with Gasteiger partial charge in [-0.2, -0.15) is 8.42 Å². The molecule has 0 atom stereocenters. The van der Waals surface area contributed by atoms with Crippen molar-refractivity contribution in [2.45, 2.75) is 39.5 Å². The molecule has 0 bridgehead atoms. The van der Waals surface area contributed by atoms with Crippen LogP contribution in [0.15, 0.2) is 0 Å². The van der Waals surface area contributed by atoms with Gasteiger partial charge >= 0.3 is 10.4 Å². The minimum Gasteiger partial charge on any atom is -0.320 e. The van der Waals surface area contributed by atoms with Gasteiger partial charge in [-0.3, -0.25) is 9.11 Å². The van der Waals surface area contributed by atoms with Gasteiger partial charge in [0.2, 0.25) is 0 Å². The van der Waals surface area contributed by atoms with E-state index in [2.05, 4.69) is 24.5 Å². The average molecular weight is 272 g/mol. The van der Waals surface area contributed by atoms with Crippen molar-refractivity contribution >= 4 is 10.4 Å². The third-order valence-corrected chi connectivity index (χ3v) is 1.56. The standard InChI is InChI=1S/2C5H13N.H2O4S/c2*1-3-4-5-6-2;1-5(2,3)4/h2*6H,3-5H2,1-2H3;(H2,1,2,3,4). The monoisotopic (exact) mass is 272 g/mol. The van der Waals surface area contributed by atoms with Crippen LogP contribution in [0.4, 0.5) is 0 Å². The molecular weight excluding hydrogens is 244 g/mol. The topological polar surface area (TPSA) is 98.7 Å². The van der Waals surface area contributed by atoms with Crippen molar-refractivity contribution in [2.24, 2.45) is 0 Å². The predicted molar refractivity (Wildman–Crippen MR) is 71.8 cm³/mol. The molecule has 0 fully saturated rings. The van der Waals surface area contributed by atoms with Crippen molar-refractivity contribution in [2.75, 3.05) is 27.2 Å². The highest BCUT2D eigenvalue weighted by Gasteiger charge is 1.84. The predicted octanol–water partition coefficient (Wildman–Crippen LogP) is 1.36. The van der Waals surface area contributed by atoms with Crippen molar-refractivity contribution in [3.05, 3.63) is 0 Å². The van der Waals surface area contributed by atoms with Gasteiger partial charge in [0.05, 0.1) is 0 Å². The molecule has 6 nitrogen and oxygen atoms in total. The lowest BCUT2D eigenvalue weighted by atomic mass is 10.3. The fourth-order valence-electron chi connectivity index (χ4n) is 0.707. The lowest BCUT2D eigenvalue weighted by Crippen LogP contribution is -2.06. The van der Waals surface area contributed by atoms with Crippen LogP contribution in [0.3, 0.4) is 0 Å². The summed E-state index contributed by atoms with van der Waals surface area (Å²) in [6, 6.07) is 0. The van der Waals surface area contributed by atoms with Gasteiger partial charge in [0.1, 0.15) is 0 Å². The minimum atomic E-state index is -4.67. The van der Waals surface area contributed by atoms with Gasteiger partial charge in [-0.1, -0.05) is 26.7 Å². The Labute approximate surface area is 106 Å². The van der Waals surface area contributed by atoms with Crippen molar-refractivity contribution < 1.29 is 17.5 Å². The summed E-state index contributed by atoms with van der Waals surface area (Å²) < 4.78 is 31.6. The maximum Gasteiger partial charge on any atom is 0.394 e. The van der Waals surface area contributed by atoms with E-state index in [0.717, 1.165) is 13.1 Å². The first-order chi connectivity index (χ1) is 7.83. The Hall–Kier alpha value is -0.210. The van der Waals surface area contributed by atoms with Gasteiger partial charge < -0.3 is 10.6 Å². The first-order valence-electron chi connectivity index (χ1n) is 5.82. The summed E-state index contributed by atoms with van der Waals surface area (Å²) in [6.45, 7) is 6.71. The third kappa shape index (κ3) is 89.6. The molecule has 0 aliphatic carbocycles. The van der Waals surface area contributed by atoms with Gasteiger partial charge in [0.25, 0.3) is 0 Å². The molecule has 17 heavy (non-hydrogen) atoms. The van der Waals surface area contributed by atoms with Gasteiger partial charge in [0, 0.05) is 0 Å². The molecule has 0 amide bonds. The zero-order chi connectivity index (χ0) is 14.2. The van der Waals surface area contributed by atoms with Gasteiger partial charge in [-0.25, -0.2) is 0 Å². The number of rotatable bonds is 6. The maximum absolute atomic E-state index is 8.74. The van der Waals surface area contributed by atoms with E-state index in [1.165, 1.54) is 25.7 Å². The number of hydrogen-bond acceptors (Lipinski definition) is 4. The lowest BCUT2D eigenvalue weighted by Gasteiger charge is -1.89. The molecule has 0 spiro atoms. The molecule has 0 aromatic carbocycles. The summed E-state index contributed by atoms with van der Waals surface area (Å²) in [5, 5.41) is 6.14. The molecule has 0 saturated carbocycles. The molecule has 0 heterocycles. The van der Waals surface area contributed by atoms with Crippen LogP contribution in [-0.4, -0.2) is 44.7 Å². The quantitative estimate of drug-likeness (QED) is 0.430. The molecule has 0 unspecified atom stereocenters. The van der Waals surface area contributed by atoms with Crippen LogP contribution < -0.4 is 10.6 Å². The molecule has 0 saturated heterocycles. The Morgan fingerprint density at radius 2 is 1.12 bits per heavy atom. The SMILES string of the molecule is CCCCNC.CCCCNC.O=S(=O)(O)O. The van der Waals surface area contributed by atoms with E-state index >= 15 is 0 Å². The van der Waals surface area contributed by atoms with Crippen LogP contribution in [0.2, 0.25) is 0 Å². The molecule has 108 valence electrons. The average Bonchev–Trinajstić information content (AvgIpc) is 2.22. The van der Waals surface area contributed by atoms with Crippen LogP contribution in [0.25, 0.3) is 0 Å². The van der Waals surface area contributed by atoms with Crippen LogP contribution in [-0.2, 0) is 10.4 Å². The highest BCUT2D eigenvalue weighted by atomic mass is 32.3. The Balaban J connectivity index is -0.000000174. The Morgan fingerprint density at radius 1 is 0.882 bits per heavy atom. The Bertz CT molecular complexity index is 184. The Kier molecular flexibility index (Phi) is 23.5. The zero-order valence-corrected chi connectivity index (χ0v) is 12.2. The van der Waals surface area contributed by atoms with Crippen molar-refractivity contribution in [3.63, 3.8) is 0 Å². The first-order valence-corrected chi connectivity index (χ1v) is 7.22. The van der Waals surface area contributed by atoms with E-state index in [4.69, 9.17) is 17.5 Å². The van der Waals surface area contributed by atoms with Crippen LogP contribution in [0, 0.1) is 0 Å². The van der Waals surface area contributed by atoms with Crippen molar-refractivity contribution in [3.8, 4) is 0 Å². The fraction of sp³-hybridized carbons (Fsp3) is 1.00. The van der Waals surface area contributed by atoms with E-state index in [-0.39, 0.29) is 0 Å². The normalized spacial score (nSPS) is 9.76. The number of unbranched alkanes of at least 4 members (excludes halogenated alkanes) is 2. The summed E-state index contributed by atoms with van der Waals surface area (Å²) >= 11 is 0. The minimum absolute atomic E-state index is 1.16. The molecule has 0 radical (unpaired) electrons. The summed E-state index contributed by atoms with van der Waals surface area (Å²) in [5.74, 6) is 0. The fourth-order valence-corrected chi connectivity index (χ4v) is 0.707. The zero-order valence-electron chi connectivity index (χ0n) is 11.4. The van der Waals surface area contributed by atoms with E-state index in [9.17, 15) is 0 Å². The first kappa shape index (κ1) is 22.0. The van der Waals surface area contributed by atoms with Crippen LogP contribution >= 0.6 is 0 Å². The molecular formula is C10H28N2O4S. The van der Waals surface area contributed by atoms with Gasteiger partial charge in [0.15, 0.2) is 0 Å². The second-order valence-electron chi connectivity index (χ2n) is 3.36. The van der Waals surface area contributed by atoms with E-state index in [1.807, 2.05) is 14.1 Å². The summed E-state index contributed by atoms with van der Waals surface area (Å²) in [5.41, 5.74) is 0.